The van der Waals surface area contributed by atoms with E-state index in [9.17, 15) is 14.4 Å². The first-order valence-corrected chi connectivity index (χ1v) is 11.3. The Morgan fingerprint density at radius 2 is 1.73 bits per heavy atom. The van der Waals surface area contributed by atoms with Crippen LogP contribution in [0.2, 0.25) is 0 Å². The van der Waals surface area contributed by atoms with Crippen molar-refractivity contribution in [2.24, 2.45) is 5.92 Å². The Hall–Kier alpha value is -1.87. The van der Waals surface area contributed by atoms with Crippen LogP contribution in [0.5, 0.6) is 0 Å². The molecule has 2 amide bonds. The molecule has 1 saturated heterocycles. The lowest BCUT2D eigenvalue weighted by atomic mass is 9.96. The Bertz CT molecular complexity index is 707. The third-order valence-electron chi connectivity index (χ3n) is 4.96. The Balaban J connectivity index is 0.00000218. The molecule has 0 aliphatic carbocycles. The summed E-state index contributed by atoms with van der Waals surface area (Å²) >= 11 is 6.44. The number of nitrogens with zero attached hydrogens (tertiary/aromatic N) is 2. The molecule has 0 spiro atoms. The van der Waals surface area contributed by atoms with Crippen LogP contribution in [0.1, 0.15) is 40.0 Å². The number of carbonyl (C=O) groups is 3. The minimum Gasteiger partial charge on any atom is -0.469 e. The summed E-state index contributed by atoms with van der Waals surface area (Å²) in [5.41, 5.74) is 0.835. The monoisotopic (exact) mass is 456 g/mol. The van der Waals surface area contributed by atoms with Crippen molar-refractivity contribution in [1.29, 1.82) is 0 Å². The van der Waals surface area contributed by atoms with Gasteiger partial charge in [-0.05, 0) is 45.3 Å². The molecule has 0 aromatic carbocycles. The molecule has 0 aromatic heterocycles. The van der Waals surface area contributed by atoms with E-state index in [4.69, 9.17) is 9.47 Å². The van der Waals surface area contributed by atoms with E-state index in [1.165, 1.54) is 7.11 Å². The first-order valence-electron chi connectivity index (χ1n) is 9.69. The van der Waals surface area contributed by atoms with Crippen LogP contribution in [0.3, 0.4) is 0 Å². The first-order chi connectivity index (χ1) is 14.1. The second kappa shape index (κ2) is 11.5. The topological polar surface area (TPSA) is 76.2 Å². The molecule has 9 heteroatoms. The number of hydrogen-bond acceptors (Lipinski definition) is 7. The molecular formula is C21H32N2O5S2. The Morgan fingerprint density at radius 1 is 1.17 bits per heavy atom. The molecule has 2 aliphatic rings. The summed E-state index contributed by atoms with van der Waals surface area (Å²) in [6.45, 7) is 14.1. The number of hydrogen-bond donors (Lipinski definition) is 2. The van der Waals surface area contributed by atoms with Crippen LogP contribution >= 0.6 is 23.3 Å². The maximum atomic E-state index is 13.1. The molecule has 2 rings (SSSR count). The van der Waals surface area contributed by atoms with Crippen LogP contribution in [0.15, 0.2) is 36.6 Å². The molecule has 2 aliphatic heterocycles. The Labute approximate surface area is 189 Å². The van der Waals surface area contributed by atoms with Gasteiger partial charge in [0.1, 0.15) is 5.60 Å². The van der Waals surface area contributed by atoms with Gasteiger partial charge in [-0.3, -0.25) is 9.59 Å². The molecule has 0 radical (unpaired) electrons. The number of allylic oxidation sites excluding steroid dienone is 2. The normalized spacial score (nSPS) is 19.8. The highest BCUT2D eigenvalue weighted by atomic mass is 33.1. The number of likely N-dealkylation sites (tertiary alicyclic amines) is 1. The molecule has 1 unspecified atom stereocenters. The molecule has 7 nitrogen and oxygen atoms in total. The van der Waals surface area contributed by atoms with Crippen LogP contribution in [0.25, 0.3) is 0 Å². The number of carbonyl (C=O) groups excluding carboxylic acids is 3. The second-order valence-electron chi connectivity index (χ2n) is 7.99. The average Bonchev–Trinajstić information content (AvgIpc) is 2.98. The van der Waals surface area contributed by atoms with Gasteiger partial charge in [0, 0.05) is 24.8 Å². The van der Waals surface area contributed by atoms with E-state index in [0.29, 0.717) is 37.2 Å². The van der Waals surface area contributed by atoms with E-state index < -0.39 is 17.5 Å². The number of thiol groups is 2. The standard InChI is InChI=1S/C21H30N2O5.H2S2/c1-7-15-16(13-18(24)27-6)19(25)23(17(15)8-2)14-9-11-22(12-10-14)20(26)28-21(3,4)5;1-2/h7-8,14,16H,1-2,9-13H2,3-6H3;1-2H. The van der Waals surface area contributed by atoms with Gasteiger partial charge in [-0.1, -0.05) is 19.2 Å². The van der Waals surface area contributed by atoms with Gasteiger partial charge in [0.15, 0.2) is 0 Å². The molecule has 0 bridgehead atoms. The number of esters is 1. The highest BCUT2D eigenvalue weighted by Crippen LogP contribution is 2.37. The number of piperidine rings is 1. The molecule has 1 fully saturated rings. The van der Waals surface area contributed by atoms with E-state index >= 15 is 0 Å². The highest BCUT2D eigenvalue weighted by Gasteiger charge is 2.43. The summed E-state index contributed by atoms with van der Waals surface area (Å²) < 4.78 is 10.2. The van der Waals surface area contributed by atoms with Crippen LogP contribution in [0.4, 0.5) is 4.79 Å². The minimum atomic E-state index is -0.609. The third-order valence-corrected chi connectivity index (χ3v) is 4.96. The second-order valence-corrected chi connectivity index (χ2v) is 7.99. The predicted octanol–water partition coefficient (Wildman–Crippen LogP) is 3.79. The molecule has 1 atom stereocenters. The largest absolute Gasteiger partial charge is 0.469 e. The molecule has 0 saturated carbocycles. The summed E-state index contributed by atoms with van der Waals surface area (Å²) in [5, 5.41) is 0. The fourth-order valence-corrected chi connectivity index (χ4v) is 3.66. The summed E-state index contributed by atoms with van der Waals surface area (Å²) in [5.74, 6) is -1.20. The van der Waals surface area contributed by atoms with Gasteiger partial charge >= 0.3 is 12.1 Å². The van der Waals surface area contributed by atoms with Crippen molar-refractivity contribution < 1.29 is 23.9 Å². The number of amides is 2. The number of methoxy groups -OCH3 is 1. The molecule has 0 N–H and O–H groups in total. The lowest BCUT2D eigenvalue weighted by Gasteiger charge is -2.38. The smallest absolute Gasteiger partial charge is 0.410 e. The van der Waals surface area contributed by atoms with Crippen LogP contribution < -0.4 is 0 Å². The van der Waals surface area contributed by atoms with Crippen molar-refractivity contribution in [2.45, 2.75) is 51.7 Å². The lowest BCUT2D eigenvalue weighted by molar-refractivity contribution is -0.145. The Morgan fingerprint density at radius 3 is 2.17 bits per heavy atom. The van der Waals surface area contributed by atoms with E-state index in [1.54, 1.807) is 22.0 Å². The zero-order chi connectivity index (χ0) is 23.1. The molecule has 0 aromatic rings. The van der Waals surface area contributed by atoms with Gasteiger partial charge in [-0.15, -0.1) is 23.3 Å². The third kappa shape index (κ3) is 6.31. The van der Waals surface area contributed by atoms with Crippen molar-refractivity contribution in [3.63, 3.8) is 0 Å². The summed E-state index contributed by atoms with van der Waals surface area (Å²) in [6.07, 6.45) is 4.12. The maximum absolute atomic E-state index is 13.1. The fraction of sp³-hybridized carbons (Fsp3) is 0.571. The average molecular weight is 457 g/mol. The van der Waals surface area contributed by atoms with Gasteiger partial charge in [0.2, 0.25) is 5.91 Å². The number of ether oxygens (including phenoxy) is 2. The van der Waals surface area contributed by atoms with Gasteiger partial charge in [0.25, 0.3) is 0 Å². The summed E-state index contributed by atoms with van der Waals surface area (Å²) in [6, 6.07) is -0.0724. The van der Waals surface area contributed by atoms with Crippen molar-refractivity contribution in [3.8, 4) is 0 Å². The van der Waals surface area contributed by atoms with Gasteiger partial charge < -0.3 is 19.3 Å². The SMILES string of the molecule is C=CC1=C(C=C)N(C2CCN(C(=O)OC(C)(C)C)CC2)C(=O)C1CC(=O)OC.SS. The molecule has 168 valence electrons. The summed E-state index contributed by atoms with van der Waals surface area (Å²) in [4.78, 5) is 40.5. The molecule has 2 heterocycles. The zero-order valence-electron chi connectivity index (χ0n) is 18.1. The van der Waals surface area contributed by atoms with Crippen LogP contribution in [-0.2, 0) is 19.1 Å². The first kappa shape index (κ1) is 26.2. The maximum Gasteiger partial charge on any atom is 0.410 e. The quantitative estimate of drug-likeness (QED) is 0.374. The van der Waals surface area contributed by atoms with E-state index in [2.05, 4.69) is 36.5 Å². The van der Waals surface area contributed by atoms with Gasteiger partial charge in [-0.2, -0.15) is 0 Å². The van der Waals surface area contributed by atoms with Crippen molar-refractivity contribution in [2.75, 3.05) is 20.2 Å². The zero-order valence-corrected chi connectivity index (χ0v) is 19.9. The molecule has 30 heavy (non-hydrogen) atoms. The van der Waals surface area contributed by atoms with E-state index in [0.717, 1.165) is 0 Å². The minimum absolute atomic E-state index is 0.0265. The van der Waals surface area contributed by atoms with E-state index in [-0.39, 0.29) is 24.5 Å². The van der Waals surface area contributed by atoms with Gasteiger partial charge in [0.05, 0.1) is 19.4 Å². The Kier molecular flexibility index (Phi) is 10.0. The van der Waals surface area contributed by atoms with E-state index in [1.807, 2.05) is 20.8 Å². The molecular weight excluding hydrogens is 424 g/mol. The number of rotatable bonds is 5. The van der Waals surface area contributed by atoms with Crippen LogP contribution in [0, 0.1) is 5.92 Å². The summed E-state index contributed by atoms with van der Waals surface area (Å²) in [7, 11) is 1.30. The van der Waals surface area contributed by atoms with Crippen molar-refractivity contribution in [3.05, 3.63) is 36.6 Å². The lowest BCUT2D eigenvalue weighted by Crippen LogP contribution is -2.48. The predicted molar refractivity (Wildman–Crippen MR) is 123 cm³/mol. The van der Waals surface area contributed by atoms with Crippen LogP contribution in [-0.4, -0.2) is 59.6 Å². The van der Waals surface area contributed by atoms with Crippen molar-refractivity contribution >= 4 is 41.3 Å². The van der Waals surface area contributed by atoms with Gasteiger partial charge in [-0.25, -0.2) is 4.79 Å². The highest BCUT2D eigenvalue weighted by molar-refractivity contribution is 8.59. The van der Waals surface area contributed by atoms with Crippen molar-refractivity contribution in [1.82, 2.24) is 9.80 Å². The fourth-order valence-electron chi connectivity index (χ4n) is 3.66.